The molecule has 0 radical (unpaired) electrons. The van der Waals surface area contributed by atoms with E-state index < -0.39 is 0 Å². The number of nitrogens with one attached hydrogen (secondary N) is 1. The number of amides is 2. The minimum atomic E-state index is -0.0333. The van der Waals surface area contributed by atoms with Gasteiger partial charge in [0.2, 0.25) is 5.91 Å². The second-order valence-corrected chi connectivity index (χ2v) is 8.03. The van der Waals surface area contributed by atoms with E-state index in [0.29, 0.717) is 45.0 Å². The molecule has 4 rings (SSSR count). The number of para-hydroxylation sites is 2. The first-order valence-electron chi connectivity index (χ1n) is 11.4. The molecule has 0 atom stereocenters. The van der Waals surface area contributed by atoms with Crippen LogP contribution in [-0.4, -0.2) is 59.1 Å². The summed E-state index contributed by atoms with van der Waals surface area (Å²) in [5.74, 6) is 1.02. The van der Waals surface area contributed by atoms with Gasteiger partial charge in [-0.15, -0.1) is 0 Å². The summed E-state index contributed by atoms with van der Waals surface area (Å²) >= 11 is 0. The van der Waals surface area contributed by atoms with E-state index in [2.05, 4.69) is 9.88 Å². The molecule has 7 heteroatoms. The number of nitrogens with zero attached hydrogens (tertiary/aromatic N) is 3. The number of imidazole rings is 1. The first-order valence-corrected chi connectivity index (χ1v) is 11.4. The fourth-order valence-corrected chi connectivity index (χ4v) is 4.02. The Hall–Kier alpha value is -3.19. The van der Waals surface area contributed by atoms with Crippen molar-refractivity contribution in [3.63, 3.8) is 0 Å². The maximum absolute atomic E-state index is 12.8. The Kier molecular flexibility index (Phi) is 7.51. The molecule has 1 aliphatic heterocycles. The minimum absolute atomic E-state index is 0.0333. The van der Waals surface area contributed by atoms with Gasteiger partial charge in [0.05, 0.1) is 24.2 Å². The van der Waals surface area contributed by atoms with E-state index in [4.69, 9.17) is 9.72 Å². The number of morpholine rings is 1. The van der Waals surface area contributed by atoms with E-state index in [-0.39, 0.29) is 11.8 Å². The average Bonchev–Trinajstić information content (AvgIpc) is 3.19. The first-order chi connectivity index (χ1) is 15.7. The van der Waals surface area contributed by atoms with Crippen LogP contribution in [0.3, 0.4) is 0 Å². The van der Waals surface area contributed by atoms with Crippen molar-refractivity contribution in [1.29, 1.82) is 0 Å². The van der Waals surface area contributed by atoms with Crippen LogP contribution >= 0.6 is 0 Å². The molecule has 1 aliphatic rings. The number of aryl methyl sites for hydroxylation is 1. The van der Waals surface area contributed by atoms with Crippen molar-refractivity contribution >= 4 is 22.8 Å². The highest BCUT2D eigenvalue weighted by atomic mass is 16.5. The zero-order valence-corrected chi connectivity index (χ0v) is 18.3. The number of ether oxygens (including phenoxy) is 1. The molecule has 1 fully saturated rings. The maximum atomic E-state index is 12.8. The fraction of sp³-hybridized carbons (Fsp3) is 0.400. The average molecular weight is 435 g/mol. The van der Waals surface area contributed by atoms with Crippen LogP contribution in [0.25, 0.3) is 11.0 Å². The van der Waals surface area contributed by atoms with Gasteiger partial charge in [0.25, 0.3) is 5.91 Å². The number of carbonyl (C=O) groups is 2. The third-order valence-corrected chi connectivity index (χ3v) is 5.79. The molecule has 0 aliphatic carbocycles. The Bertz CT molecular complexity index is 1040. The summed E-state index contributed by atoms with van der Waals surface area (Å²) in [5, 5.41) is 2.97. The smallest absolute Gasteiger partial charge is 0.251 e. The van der Waals surface area contributed by atoms with Gasteiger partial charge in [-0.3, -0.25) is 9.59 Å². The molecule has 0 bridgehead atoms. The molecule has 0 unspecified atom stereocenters. The molecular weight excluding hydrogens is 404 g/mol. The number of carbonyl (C=O) groups excluding carboxylic acids is 2. The van der Waals surface area contributed by atoms with Crippen molar-refractivity contribution in [2.75, 3.05) is 32.8 Å². The molecule has 0 spiro atoms. The molecule has 1 aromatic heterocycles. The maximum Gasteiger partial charge on any atom is 0.251 e. The summed E-state index contributed by atoms with van der Waals surface area (Å²) in [4.78, 5) is 31.6. The van der Waals surface area contributed by atoms with Crippen LogP contribution in [-0.2, 0) is 22.5 Å². The normalized spacial score (nSPS) is 13.9. The number of hydrogen-bond donors (Lipinski definition) is 1. The molecule has 2 amide bonds. The van der Waals surface area contributed by atoms with Crippen LogP contribution in [0, 0.1) is 0 Å². The number of aromatic nitrogens is 2. The van der Waals surface area contributed by atoms with Crippen molar-refractivity contribution in [2.24, 2.45) is 0 Å². The Labute approximate surface area is 188 Å². The summed E-state index contributed by atoms with van der Waals surface area (Å²) in [6, 6.07) is 17.2. The number of benzene rings is 2. The fourth-order valence-electron chi connectivity index (χ4n) is 4.02. The van der Waals surface area contributed by atoms with Gasteiger partial charge < -0.3 is 19.5 Å². The number of unbranched alkanes of at least 4 members (excludes halogenated alkanes) is 2. The van der Waals surface area contributed by atoms with Gasteiger partial charge in [0.1, 0.15) is 12.4 Å². The van der Waals surface area contributed by atoms with Gasteiger partial charge in [-0.05, 0) is 37.1 Å². The van der Waals surface area contributed by atoms with Crippen molar-refractivity contribution in [3.05, 3.63) is 66.0 Å². The molecule has 1 saturated heterocycles. The van der Waals surface area contributed by atoms with Gasteiger partial charge >= 0.3 is 0 Å². The van der Waals surface area contributed by atoms with Crippen molar-refractivity contribution in [2.45, 2.75) is 32.2 Å². The Balaban J connectivity index is 1.30. The van der Waals surface area contributed by atoms with E-state index >= 15 is 0 Å². The number of hydrogen-bond acceptors (Lipinski definition) is 4. The second kappa shape index (κ2) is 10.9. The van der Waals surface area contributed by atoms with Crippen LogP contribution in [0.1, 0.15) is 35.4 Å². The lowest BCUT2D eigenvalue weighted by molar-refractivity contribution is -0.135. The van der Waals surface area contributed by atoms with Crippen LogP contribution < -0.4 is 5.32 Å². The lowest BCUT2D eigenvalue weighted by Crippen LogP contribution is -2.42. The molecule has 168 valence electrons. The highest BCUT2D eigenvalue weighted by Crippen LogP contribution is 2.18. The van der Waals surface area contributed by atoms with Gasteiger partial charge in [-0.25, -0.2) is 4.98 Å². The Morgan fingerprint density at radius 1 is 0.938 bits per heavy atom. The van der Waals surface area contributed by atoms with E-state index in [1.165, 1.54) is 0 Å². The number of fused-ring (bicyclic) bond motifs is 1. The lowest BCUT2D eigenvalue weighted by atomic mass is 10.1. The van der Waals surface area contributed by atoms with Crippen LogP contribution in [0.4, 0.5) is 0 Å². The van der Waals surface area contributed by atoms with E-state index in [9.17, 15) is 9.59 Å². The van der Waals surface area contributed by atoms with Gasteiger partial charge in [0.15, 0.2) is 0 Å². The Morgan fingerprint density at radius 3 is 2.50 bits per heavy atom. The van der Waals surface area contributed by atoms with Crippen LogP contribution in [0.15, 0.2) is 54.6 Å². The summed E-state index contributed by atoms with van der Waals surface area (Å²) in [7, 11) is 0. The summed E-state index contributed by atoms with van der Waals surface area (Å²) in [6.45, 7) is 3.46. The number of rotatable bonds is 9. The van der Waals surface area contributed by atoms with E-state index in [0.717, 1.165) is 42.5 Å². The SMILES string of the molecule is O=C(NCCCCCc1nc2ccccc2n1CC(=O)N1CCOCC1)c1ccccc1. The molecule has 7 nitrogen and oxygen atoms in total. The zero-order chi connectivity index (χ0) is 22.2. The standard InChI is InChI=1S/C25H30N4O3/c30-24(28-15-17-32-18-16-28)19-29-22-12-7-6-11-21(22)27-23(29)13-5-2-8-14-26-25(31)20-9-3-1-4-10-20/h1,3-4,6-7,9-12H,2,5,8,13-19H2,(H,26,31). The van der Waals surface area contributed by atoms with E-state index in [1.54, 1.807) is 0 Å². The van der Waals surface area contributed by atoms with Gasteiger partial charge in [0, 0.05) is 31.6 Å². The van der Waals surface area contributed by atoms with Crippen LogP contribution in [0.5, 0.6) is 0 Å². The quantitative estimate of drug-likeness (QED) is 0.525. The predicted molar refractivity (Wildman–Crippen MR) is 123 cm³/mol. The van der Waals surface area contributed by atoms with Crippen molar-refractivity contribution in [1.82, 2.24) is 19.8 Å². The highest BCUT2D eigenvalue weighted by molar-refractivity contribution is 5.94. The molecule has 0 saturated carbocycles. The Morgan fingerprint density at radius 2 is 1.69 bits per heavy atom. The van der Waals surface area contributed by atoms with Gasteiger partial charge in [-0.1, -0.05) is 36.8 Å². The molecule has 1 N–H and O–H groups in total. The van der Waals surface area contributed by atoms with Gasteiger partial charge in [-0.2, -0.15) is 0 Å². The van der Waals surface area contributed by atoms with Crippen LogP contribution in [0.2, 0.25) is 0 Å². The zero-order valence-electron chi connectivity index (χ0n) is 18.3. The predicted octanol–water partition coefficient (Wildman–Crippen LogP) is 3.04. The monoisotopic (exact) mass is 434 g/mol. The summed E-state index contributed by atoms with van der Waals surface area (Å²) in [5.41, 5.74) is 2.61. The van der Waals surface area contributed by atoms with E-state index in [1.807, 2.05) is 59.5 Å². The van der Waals surface area contributed by atoms with Crippen molar-refractivity contribution < 1.29 is 14.3 Å². The third-order valence-electron chi connectivity index (χ3n) is 5.79. The summed E-state index contributed by atoms with van der Waals surface area (Å²) in [6.07, 6.45) is 3.65. The lowest BCUT2D eigenvalue weighted by Gasteiger charge is -2.27. The molecule has 3 aromatic rings. The molecule has 2 aromatic carbocycles. The third kappa shape index (κ3) is 5.53. The largest absolute Gasteiger partial charge is 0.378 e. The first kappa shape index (κ1) is 22.0. The highest BCUT2D eigenvalue weighted by Gasteiger charge is 2.20. The molecule has 32 heavy (non-hydrogen) atoms. The molecular formula is C25H30N4O3. The topological polar surface area (TPSA) is 76.5 Å². The van der Waals surface area contributed by atoms with Crippen molar-refractivity contribution in [3.8, 4) is 0 Å². The second-order valence-electron chi connectivity index (χ2n) is 8.03. The molecule has 2 heterocycles. The minimum Gasteiger partial charge on any atom is -0.378 e. The summed E-state index contributed by atoms with van der Waals surface area (Å²) < 4.78 is 7.42.